The Labute approximate surface area is 158 Å². The number of aryl methyl sites for hydroxylation is 2. The van der Waals surface area contributed by atoms with E-state index in [1.54, 1.807) is 12.1 Å². The van der Waals surface area contributed by atoms with Crippen LogP contribution in [0.2, 0.25) is 0 Å². The van der Waals surface area contributed by atoms with E-state index < -0.39 is 5.41 Å². The van der Waals surface area contributed by atoms with Gasteiger partial charge in [0.1, 0.15) is 11.2 Å². The van der Waals surface area contributed by atoms with Gasteiger partial charge in [-0.1, -0.05) is 54.6 Å². The summed E-state index contributed by atoms with van der Waals surface area (Å²) in [7, 11) is 0. The number of hydrogen-bond acceptors (Lipinski definition) is 2. The zero-order valence-electron chi connectivity index (χ0n) is 15.3. The maximum absolute atomic E-state index is 10.4. The van der Waals surface area contributed by atoms with Gasteiger partial charge in [0.25, 0.3) is 0 Å². The molecule has 0 fully saturated rings. The van der Waals surface area contributed by atoms with Crippen molar-refractivity contribution in [2.24, 2.45) is 0 Å². The molecule has 0 spiro atoms. The van der Waals surface area contributed by atoms with Gasteiger partial charge in [0.05, 0.1) is 6.07 Å². The van der Waals surface area contributed by atoms with Crippen molar-refractivity contribution in [3.8, 4) is 11.8 Å². The largest absolute Gasteiger partial charge is 0.508 e. The van der Waals surface area contributed by atoms with Crippen LogP contribution < -0.4 is 0 Å². The second kappa shape index (κ2) is 6.34. The fourth-order valence-corrected chi connectivity index (χ4v) is 3.80. The summed E-state index contributed by atoms with van der Waals surface area (Å²) in [4.78, 5) is 3.43. The van der Waals surface area contributed by atoms with E-state index in [0.29, 0.717) is 0 Å². The van der Waals surface area contributed by atoms with E-state index in [1.165, 1.54) is 10.9 Å². The molecule has 1 unspecified atom stereocenters. The van der Waals surface area contributed by atoms with Crippen molar-refractivity contribution in [3.05, 3.63) is 101 Å². The summed E-state index contributed by atoms with van der Waals surface area (Å²) in [5.74, 6) is 0.185. The number of phenolic OH excluding ortho intramolecular Hbond substituents is 1. The summed E-state index contributed by atoms with van der Waals surface area (Å²) >= 11 is 0. The normalized spacial score (nSPS) is 13.2. The molecule has 27 heavy (non-hydrogen) atoms. The van der Waals surface area contributed by atoms with Crippen molar-refractivity contribution in [2.75, 3.05) is 0 Å². The summed E-state index contributed by atoms with van der Waals surface area (Å²) in [5.41, 5.74) is 5.05. The van der Waals surface area contributed by atoms with Crippen LogP contribution in [0.15, 0.2) is 72.8 Å². The molecule has 3 heteroatoms. The summed E-state index contributed by atoms with van der Waals surface area (Å²) in [6, 6.07) is 25.5. The van der Waals surface area contributed by atoms with Crippen LogP contribution in [0.1, 0.15) is 27.9 Å². The van der Waals surface area contributed by atoms with Crippen molar-refractivity contribution in [1.29, 1.82) is 5.26 Å². The van der Waals surface area contributed by atoms with Crippen LogP contribution in [0.5, 0.6) is 5.75 Å². The van der Waals surface area contributed by atoms with E-state index >= 15 is 0 Å². The average molecular weight is 352 g/mol. The number of phenols is 1. The Morgan fingerprint density at radius 3 is 2.15 bits per heavy atom. The number of aromatic amines is 1. The highest BCUT2D eigenvalue weighted by Gasteiger charge is 2.37. The Morgan fingerprint density at radius 1 is 0.852 bits per heavy atom. The molecule has 4 rings (SSSR count). The third-order valence-electron chi connectivity index (χ3n) is 5.42. The highest BCUT2D eigenvalue weighted by molar-refractivity contribution is 5.85. The molecule has 2 N–H and O–H groups in total. The molecule has 0 saturated carbocycles. The maximum Gasteiger partial charge on any atom is 0.132 e. The van der Waals surface area contributed by atoms with Gasteiger partial charge < -0.3 is 10.1 Å². The molecule has 0 amide bonds. The van der Waals surface area contributed by atoms with Gasteiger partial charge >= 0.3 is 0 Å². The fraction of sp³-hybridized carbons (Fsp3) is 0.125. The predicted molar refractivity (Wildman–Crippen MR) is 108 cm³/mol. The van der Waals surface area contributed by atoms with Crippen LogP contribution in [0.4, 0.5) is 0 Å². The number of H-pyrrole nitrogens is 1. The number of aromatic hydroxyl groups is 1. The quantitative estimate of drug-likeness (QED) is 0.488. The molecular weight excluding hydrogens is 332 g/mol. The van der Waals surface area contributed by atoms with Crippen molar-refractivity contribution >= 4 is 10.9 Å². The fourth-order valence-electron chi connectivity index (χ4n) is 3.80. The molecule has 0 saturated heterocycles. The third-order valence-corrected chi connectivity index (χ3v) is 5.42. The van der Waals surface area contributed by atoms with E-state index in [9.17, 15) is 10.4 Å². The van der Waals surface area contributed by atoms with Gasteiger partial charge in [0, 0.05) is 16.6 Å². The summed E-state index contributed by atoms with van der Waals surface area (Å²) < 4.78 is 0. The second-order valence-electron chi connectivity index (χ2n) is 6.91. The molecule has 4 aromatic rings. The summed E-state index contributed by atoms with van der Waals surface area (Å²) in [5, 5.41) is 21.3. The lowest BCUT2D eigenvalue weighted by molar-refractivity contribution is 0.475. The second-order valence-corrected chi connectivity index (χ2v) is 6.91. The third kappa shape index (κ3) is 2.58. The number of nitriles is 1. The van der Waals surface area contributed by atoms with Gasteiger partial charge in [-0.3, -0.25) is 0 Å². The molecule has 3 aromatic carbocycles. The Balaban J connectivity index is 2.04. The van der Waals surface area contributed by atoms with Crippen molar-refractivity contribution in [1.82, 2.24) is 4.98 Å². The van der Waals surface area contributed by atoms with E-state index in [4.69, 9.17) is 0 Å². The first kappa shape index (κ1) is 16.9. The van der Waals surface area contributed by atoms with E-state index in [2.05, 4.69) is 37.0 Å². The van der Waals surface area contributed by atoms with Crippen molar-refractivity contribution < 1.29 is 5.11 Å². The number of nitrogens with one attached hydrogen (secondary N) is 1. The lowest BCUT2D eigenvalue weighted by atomic mass is 9.70. The summed E-state index contributed by atoms with van der Waals surface area (Å²) in [6.07, 6.45) is 0. The molecule has 0 radical (unpaired) electrons. The van der Waals surface area contributed by atoms with Crippen molar-refractivity contribution in [3.63, 3.8) is 0 Å². The summed E-state index contributed by atoms with van der Waals surface area (Å²) in [6.45, 7) is 4.16. The number of rotatable bonds is 3. The Hall–Kier alpha value is -3.51. The van der Waals surface area contributed by atoms with Gasteiger partial charge in [0.15, 0.2) is 0 Å². The number of fused-ring (bicyclic) bond motifs is 1. The predicted octanol–water partition coefficient (Wildman–Crippen LogP) is 5.35. The van der Waals surface area contributed by atoms with Gasteiger partial charge in [-0.15, -0.1) is 0 Å². The SMILES string of the molecule is Cc1[nH]c2cc(C(C#N)(c3ccccc3)c3ccc(O)cc3)ccc2c1C. The van der Waals surface area contributed by atoms with Crippen LogP contribution in [0.25, 0.3) is 10.9 Å². The van der Waals surface area contributed by atoms with Gasteiger partial charge in [-0.2, -0.15) is 5.26 Å². The Morgan fingerprint density at radius 2 is 1.48 bits per heavy atom. The molecule has 0 aliphatic heterocycles. The van der Waals surface area contributed by atoms with Gasteiger partial charge in [-0.25, -0.2) is 0 Å². The highest BCUT2D eigenvalue weighted by Crippen LogP contribution is 2.40. The number of aromatic nitrogens is 1. The lowest BCUT2D eigenvalue weighted by Crippen LogP contribution is -2.27. The minimum atomic E-state index is -0.962. The Bertz CT molecular complexity index is 1150. The first-order valence-corrected chi connectivity index (χ1v) is 8.92. The highest BCUT2D eigenvalue weighted by atomic mass is 16.3. The topological polar surface area (TPSA) is 59.8 Å². The zero-order chi connectivity index (χ0) is 19.0. The maximum atomic E-state index is 10.4. The molecule has 1 atom stereocenters. The van der Waals surface area contributed by atoms with Crippen molar-refractivity contribution in [2.45, 2.75) is 19.3 Å². The molecular formula is C24H20N2O. The molecule has 1 aromatic heterocycles. The van der Waals surface area contributed by atoms with Gasteiger partial charge in [-0.05, 0) is 54.3 Å². The first-order chi connectivity index (χ1) is 13.1. The number of benzene rings is 3. The lowest BCUT2D eigenvalue weighted by Gasteiger charge is -2.28. The van der Waals surface area contributed by atoms with E-state index in [0.717, 1.165) is 27.9 Å². The van der Waals surface area contributed by atoms with Crippen LogP contribution in [-0.4, -0.2) is 10.1 Å². The average Bonchev–Trinajstić information content (AvgIpc) is 2.98. The van der Waals surface area contributed by atoms with Crippen LogP contribution in [0.3, 0.4) is 0 Å². The smallest absolute Gasteiger partial charge is 0.132 e. The number of nitrogens with zero attached hydrogens (tertiary/aromatic N) is 1. The minimum Gasteiger partial charge on any atom is -0.508 e. The molecule has 0 aliphatic carbocycles. The first-order valence-electron chi connectivity index (χ1n) is 8.92. The van der Waals surface area contributed by atoms with E-state index in [1.807, 2.05) is 48.5 Å². The molecule has 0 bridgehead atoms. The van der Waals surface area contributed by atoms with Crippen LogP contribution in [0, 0.1) is 25.2 Å². The van der Waals surface area contributed by atoms with Crippen LogP contribution in [-0.2, 0) is 5.41 Å². The molecule has 1 heterocycles. The monoisotopic (exact) mass is 352 g/mol. The number of hydrogen-bond donors (Lipinski definition) is 2. The molecule has 0 aliphatic rings. The molecule has 132 valence electrons. The Kier molecular flexibility index (Phi) is 3.97. The standard InChI is InChI=1S/C24H20N2O/c1-16-17(2)26-23-14-20(10-13-22(16)23)24(15-25,18-6-4-3-5-7-18)19-8-11-21(27)12-9-19/h3-14,26-27H,1-2H3. The van der Waals surface area contributed by atoms with Crippen LogP contribution >= 0.6 is 0 Å². The van der Waals surface area contributed by atoms with Gasteiger partial charge in [0.2, 0.25) is 0 Å². The zero-order valence-corrected chi connectivity index (χ0v) is 15.3. The molecule has 3 nitrogen and oxygen atoms in total. The van der Waals surface area contributed by atoms with E-state index in [-0.39, 0.29) is 5.75 Å². The minimum absolute atomic E-state index is 0.185.